The van der Waals surface area contributed by atoms with E-state index >= 15 is 0 Å². The predicted molar refractivity (Wildman–Crippen MR) is 78.1 cm³/mol. The molecule has 5 heteroatoms. The molecule has 0 bridgehead atoms. The van der Waals surface area contributed by atoms with Gasteiger partial charge in [-0.3, -0.25) is 4.79 Å². The Balaban J connectivity index is 2.19. The molecule has 0 aromatic heterocycles. The molecular formula is C16H22O5. The van der Waals surface area contributed by atoms with Crippen LogP contribution in [0.25, 0.3) is 0 Å². The zero-order chi connectivity index (χ0) is 15.9. The van der Waals surface area contributed by atoms with Gasteiger partial charge in [-0.1, -0.05) is 17.7 Å². The highest BCUT2D eigenvalue weighted by molar-refractivity contribution is 5.76. The van der Waals surface area contributed by atoms with Crippen molar-refractivity contribution in [3.05, 3.63) is 29.8 Å². The smallest absolute Gasteiger partial charge is 0.344 e. The van der Waals surface area contributed by atoms with Gasteiger partial charge in [-0.25, -0.2) is 4.79 Å². The normalized spacial score (nSPS) is 10.9. The Morgan fingerprint density at radius 2 is 1.67 bits per heavy atom. The van der Waals surface area contributed by atoms with Crippen molar-refractivity contribution in [3.8, 4) is 5.75 Å². The van der Waals surface area contributed by atoms with Crippen molar-refractivity contribution in [2.75, 3.05) is 13.2 Å². The minimum absolute atomic E-state index is 0.0800. The highest BCUT2D eigenvalue weighted by Gasteiger charge is 2.17. The van der Waals surface area contributed by atoms with E-state index in [0.717, 1.165) is 5.56 Å². The van der Waals surface area contributed by atoms with E-state index in [4.69, 9.17) is 14.2 Å². The van der Waals surface area contributed by atoms with Crippen LogP contribution in [0.1, 0.15) is 32.8 Å². The molecule has 0 saturated heterocycles. The van der Waals surface area contributed by atoms with Crippen molar-refractivity contribution in [2.24, 2.45) is 0 Å². The summed E-state index contributed by atoms with van der Waals surface area (Å²) < 4.78 is 15.2. The first-order chi connectivity index (χ1) is 9.76. The fraction of sp³-hybridized carbons (Fsp3) is 0.500. The van der Waals surface area contributed by atoms with E-state index < -0.39 is 17.5 Å². The lowest BCUT2D eigenvalue weighted by Gasteiger charge is -2.19. The minimum atomic E-state index is -0.585. The maximum Gasteiger partial charge on any atom is 0.344 e. The van der Waals surface area contributed by atoms with Crippen LogP contribution >= 0.6 is 0 Å². The van der Waals surface area contributed by atoms with Gasteiger partial charge in [0.15, 0.2) is 6.61 Å². The van der Waals surface area contributed by atoms with Gasteiger partial charge in [-0.05, 0) is 39.8 Å². The largest absolute Gasteiger partial charge is 0.493 e. The molecule has 0 heterocycles. The third-order valence-corrected chi connectivity index (χ3v) is 2.37. The summed E-state index contributed by atoms with van der Waals surface area (Å²) >= 11 is 0. The predicted octanol–water partition coefficient (Wildman–Crippen LogP) is 2.65. The first kappa shape index (κ1) is 17.0. The molecule has 1 rings (SSSR count). The van der Waals surface area contributed by atoms with E-state index in [2.05, 4.69) is 0 Å². The van der Waals surface area contributed by atoms with E-state index in [1.54, 1.807) is 20.8 Å². The Hall–Kier alpha value is -2.04. The maximum absolute atomic E-state index is 11.4. The Morgan fingerprint density at radius 3 is 2.24 bits per heavy atom. The van der Waals surface area contributed by atoms with Crippen LogP contribution < -0.4 is 4.74 Å². The topological polar surface area (TPSA) is 61.8 Å². The van der Waals surface area contributed by atoms with Crippen LogP contribution in [0.3, 0.4) is 0 Å². The van der Waals surface area contributed by atoms with Gasteiger partial charge in [-0.2, -0.15) is 0 Å². The average molecular weight is 294 g/mol. The zero-order valence-electron chi connectivity index (χ0n) is 13.0. The Morgan fingerprint density at radius 1 is 1.05 bits per heavy atom. The van der Waals surface area contributed by atoms with E-state index in [0.29, 0.717) is 5.75 Å². The van der Waals surface area contributed by atoms with Crippen molar-refractivity contribution in [3.63, 3.8) is 0 Å². The Bertz CT molecular complexity index is 470. The van der Waals surface area contributed by atoms with Gasteiger partial charge in [0.05, 0.1) is 13.0 Å². The fourth-order valence-electron chi connectivity index (χ4n) is 1.47. The van der Waals surface area contributed by atoms with Crippen LogP contribution in [-0.4, -0.2) is 30.8 Å². The summed E-state index contributed by atoms with van der Waals surface area (Å²) in [5, 5.41) is 0. The second-order valence-corrected chi connectivity index (χ2v) is 5.66. The van der Waals surface area contributed by atoms with Crippen molar-refractivity contribution in [1.29, 1.82) is 0 Å². The van der Waals surface area contributed by atoms with Crippen molar-refractivity contribution >= 4 is 11.9 Å². The number of benzene rings is 1. The number of esters is 2. The Labute approximate surface area is 125 Å². The molecule has 0 fully saturated rings. The zero-order valence-corrected chi connectivity index (χ0v) is 13.0. The molecule has 116 valence electrons. The van der Waals surface area contributed by atoms with Crippen LogP contribution in [0.4, 0.5) is 0 Å². The number of ether oxygens (including phenoxy) is 3. The minimum Gasteiger partial charge on any atom is -0.493 e. The second kappa shape index (κ2) is 7.67. The number of rotatable bonds is 6. The molecular weight excluding hydrogens is 272 g/mol. The maximum atomic E-state index is 11.4. The summed E-state index contributed by atoms with van der Waals surface area (Å²) in [6.07, 6.45) is 0.0800. The molecule has 0 radical (unpaired) electrons. The third-order valence-electron chi connectivity index (χ3n) is 2.37. The van der Waals surface area contributed by atoms with Gasteiger partial charge >= 0.3 is 11.9 Å². The summed E-state index contributed by atoms with van der Waals surface area (Å²) in [6.45, 7) is 7.07. The van der Waals surface area contributed by atoms with Gasteiger partial charge in [-0.15, -0.1) is 0 Å². The highest BCUT2D eigenvalue weighted by Crippen LogP contribution is 2.11. The van der Waals surface area contributed by atoms with E-state index in [9.17, 15) is 9.59 Å². The third kappa shape index (κ3) is 7.97. The van der Waals surface area contributed by atoms with Gasteiger partial charge in [0.25, 0.3) is 0 Å². The number of carbonyl (C=O) groups is 2. The van der Waals surface area contributed by atoms with E-state index in [1.165, 1.54) is 0 Å². The number of hydrogen-bond donors (Lipinski definition) is 0. The first-order valence-corrected chi connectivity index (χ1v) is 6.83. The van der Waals surface area contributed by atoms with Crippen LogP contribution in [0.15, 0.2) is 24.3 Å². The first-order valence-electron chi connectivity index (χ1n) is 6.83. The fourth-order valence-corrected chi connectivity index (χ4v) is 1.47. The average Bonchev–Trinajstić information content (AvgIpc) is 2.37. The summed E-state index contributed by atoms with van der Waals surface area (Å²) in [5.41, 5.74) is 0.553. The molecule has 0 saturated carbocycles. The number of carbonyl (C=O) groups excluding carboxylic acids is 2. The molecule has 0 aliphatic carbocycles. The molecule has 0 atom stereocenters. The van der Waals surface area contributed by atoms with Crippen LogP contribution in [0, 0.1) is 6.92 Å². The monoisotopic (exact) mass is 294 g/mol. The quantitative estimate of drug-likeness (QED) is 0.755. The van der Waals surface area contributed by atoms with Crippen molar-refractivity contribution < 1.29 is 23.8 Å². The SMILES string of the molecule is Cc1ccc(OCCC(=O)OCC(=O)OC(C)(C)C)cc1. The lowest BCUT2D eigenvalue weighted by atomic mass is 10.2. The highest BCUT2D eigenvalue weighted by atomic mass is 16.6. The lowest BCUT2D eigenvalue weighted by Crippen LogP contribution is -2.27. The van der Waals surface area contributed by atoms with Gasteiger partial charge in [0, 0.05) is 0 Å². The Kier molecular flexibility index (Phi) is 6.21. The van der Waals surface area contributed by atoms with Crippen molar-refractivity contribution in [2.45, 2.75) is 39.7 Å². The molecule has 0 unspecified atom stereocenters. The van der Waals surface area contributed by atoms with Gasteiger partial charge in [0.2, 0.25) is 0 Å². The second-order valence-electron chi connectivity index (χ2n) is 5.66. The van der Waals surface area contributed by atoms with Crippen LogP contribution in [-0.2, 0) is 19.1 Å². The molecule has 1 aromatic carbocycles. The number of aryl methyl sites for hydroxylation is 1. The van der Waals surface area contributed by atoms with E-state index in [-0.39, 0.29) is 19.6 Å². The van der Waals surface area contributed by atoms with E-state index in [1.807, 2.05) is 31.2 Å². The summed E-state index contributed by atoms with van der Waals surface area (Å²) in [6, 6.07) is 7.52. The van der Waals surface area contributed by atoms with Crippen molar-refractivity contribution in [1.82, 2.24) is 0 Å². The van der Waals surface area contributed by atoms with Crippen LogP contribution in [0.2, 0.25) is 0 Å². The van der Waals surface area contributed by atoms with Crippen LogP contribution in [0.5, 0.6) is 5.75 Å². The molecule has 5 nitrogen and oxygen atoms in total. The molecule has 0 amide bonds. The molecule has 0 N–H and O–H groups in total. The summed E-state index contributed by atoms with van der Waals surface area (Å²) in [4.78, 5) is 22.8. The molecule has 1 aromatic rings. The number of hydrogen-bond acceptors (Lipinski definition) is 5. The molecule has 0 aliphatic heterocycles. The lowest BCUT2D eigenvalue weighted by molar-refractivity contribution is -0.166. The van der Waals surface area contributed by atoms with Gasteiger partial charge < -0.3 is 14.2 Å². The van der Waals surface area contributed by atoms with Gasteiger partial charge in [0.1, 0.15) is 11.4 Å². The summed E-state index contributed by atoms with van der Waals surface area (Å²) in [5.74, 6) is -0.358. The molecule has 0 spiro atoms. The molecule has 21 heavy (non-hydrogen) atoms. The molecule has 0 aliphatic rings. The standard InChI is InChI=1S/C16H22O5/c1-12-5-7-13(8-6-12)19-10-9-14(17)20-11-15(18)21-16(2,3)4/h5-8H,9-11H2,1-4H3. The summed E-state index contributed by atoms with van der Waals surface area (Å²) in [7, 11) is 0.